The fraction of sp³-hybridized carbons (Fsp3) is 0.667. The molecule has 0 saturated heterocycles. The Morgan fingerprint density at radius 3 is 2.94 bits per heavy atom. The third-order valence-electron chi connectivity index (χ3n) is 3.13. The lowest BCUT2D eigenvalue weighted by molar-refractivity contribution is 0.326. The summed E-state index contributed by atoms with van der Waals surface area (Å²) < 4.78 is 5.38. The molecule has 5 heteroatoms. The molecule has 0 amide bonds. The molecular weight excluding hydrogens is 216 g/mol. The highest BCUT2D eigenvalue weighted by Crippen LogP contribution is 2.35. The van der Waals surface area contributed by atoms with E-state index in [4.69, 9.17) is 10.5 Å². The van der Waals surface area contributed by atoms with Crippen molar-refractivity contribution in [3.8, 4) is 5.88 Å². The molecule has 94 valence electrons. The lowest BCUT2D eigenvalue weighted by atomic mass is 10.1. The van der Waals surface area contributed by atoms with Crippen molar-refractivity contribution in [2.24, 2.45) is 11.7 Å². The average Bonchev–Trinajstić information content (AvgIpc) is 3.15. The fourth-order valence-electron chi connectivity index (χ4n) is 2.03. The fourth-order valence-corrected chi connectivity index (χ4v) is 2.03. The Bertz CT molecular complexity index is 367. The van der Waals surface area contributed by atoms with E-state index in [1.54, 1.807) is 12.3 Å². The standard InChI is InChI=1S/C12H20N4O/c1-3-17-11-6-7-14-12(15-11)16(2)10(8-13)9-4-5-9/h6-7,9-10H,3-5,8,13H2,1-2H3. The molecule has 1 unspecified atom stereocenters. The van der Waals surface area contributed by atoms with Gasteiger partial charge in [-0.25, -0.2) is 4.98 Å². The first-order valence-electron chi connectivity index (χ1n) is 6.15. The molecule has 2 rings (SSSR count). The maximum atomic E-state index is 5.82. The number of nitrogens with zero attached hydrogens (tertiary/aromatic N) is 3. The Hall–Kier alpha value is -1.36. The predicted octanol–water partition coefficient (Wildman–Crippen LogP) is 1.05. The van der Waals surface area contributed by atoms with Crippen LogP contribution in [0.15, 0.2) is 12.3 Å². The van der Waals surface area contributed by atoms with Gasteiger partial charge >= 0.3 is 0 Å². The maximum absolute atomic E-state index is 5.82. The topological polar surface area (TPSA) is 64.3 Å². The van der Waals surface area contributed by atoms with Gasteiger partial charge in [0.15, 0.2) is 0 Å². The highest BCUT2D eigenvalue weighted by molar-refractivity contribution is 5.33. The van der Waals surface area contributed by atoms with Crippen molar-refractivity contribution in [3.05, 3.63) is 12.3 Å². The Morgan fingerprint density at radius 1 is 1.59 bits per heavy atom. The van der Waals surface area contributed by atoms with Gasteiger partial charge in [0.2, 0.25) is 11.8 Å². The van der Waals surface area contributed by atoms with Crippen LogP contribution in [0.5, 0.6) is 5.88 Å². The van der Waals surface area contributed by atoms with Crippen LogP contribution >= 0.6 is 0 Å². The minimum atomic E-state index is 0.340. The Labute approximate surface area is 102 Å². The summed E-state index contributed by atoms with van der Waals surface area (Å²) in [5.74, 6) is 2.01. The van der Waals surface area contributed by atoms with Gasteiger partial charge in [0.25, 0.3) is 0 Å². The Balaban J connectivity index is 2.11. The molecule has 0 bridgehead atoms. The molecule has 1 aromatic rings. The van der Waals surface area contributed by atoms with E-state index < -0.39 is 0 Å². The first-order chi connectivity index (χ1) is 8.26. The lowest BCUT2D eigenvalue weighted by Gasteiger charge is -2.27. The van der Waals surface area contributed by atoms with E-state index in [-0.39, 0.29) is 0 Å². The largest absolute Gasteiger partial charge is 0.478 e. The quantitative estimate of drug-likeness (QED) is 0.799. The number of aromatic nitrogens is 2. The highest BCUT2D eigenvalue weighted by atomic mass is 16.5. The zero-order valence-corrected chi connectivity index (χ0v) is 10.5. The van der Waals surface area contributed by atoms with Crippen LogP contribution < -0.4 is 15.4 Å². The number of likely N-dealkylation sites (N-methyl/N-ethyl adjacent to an activating group) is 1. The minimum absolute atomic E-state index is 0.340. The molecule has 0 spiro atoms. The van der Waals surface area contributed by atoms with E-state index in [1.807, 2.05) is 14.0 Å². The predicted molar refractivity (Wildman–Crippen MR) is 67.2 cm³/mol. The van der Waals surface area contributed by atoms with E-state index in [2.05, 4.69) is 14.9 Å². The molecule has 0 radical (unpaired) electrons. The molecule has 0 aromatic carbocycles. The summed E-state index contributed by atoms with van der Waals surface area (Å²) in [5, 5.41) is 0. The van der Waals surface area contributed by atoms with Crippen LogP contribution in [0, 0.1) is 5.92 Å². The molecular formula is C12H20N4O. The second kappa shape index (κ2) is 5.31. The normalized spacial score (nSPS) is 16.6. The van der Waals surface area contributed by atoms with Gasteiger partial charge in [0, 0.05) is 31.9 Å². The molecule has 2 N–H and O–H groups in total. The van der Waals surface area contributed by atoms with Crippen molar-refractivity contribution in [1.82, 2.24) is 9.97 Å². The number of nitrogens with two attached hydrogens (primary N) is 1. The van der Waals surface area contributed by atoms with Gasteiger partial charge in [-0.1, -0.05) is 0 Å². The average molecular weight is 236 g/mol. The van der Waals surface area contributed by atoms with Gasteiger partial charge in [-0.05, 0) is 25.7 Å². The number of hydrogen-bond donors (Lipinski definition) is 1. The van der Waals surface area contributed by atoms with Gasteiger partial charge in [-0.3, -0.25) is 0 Å². The first-order valence-corrected chi connectivity index (χ1v) is 6.15. The molecule has 1 heterocycles. The van der Waals surface area contributed by atoms with E-state index >= 15 is 0 Å². The van der Waals surface area contributed by atoms with Crippen LogP contribution in [-0.4, -0.2) is 36.2 Å². The van der Waals surface area contributed by atoms with Gasteiger partial charge in [-0.15, -0.1) is 0 Å². The second-order valence-electron chi connectivity index (χ2n) is 4.38. The van der Waals surface area contributed by atoms with Crippen molar-refractivity contribution in [3.63, 3.8) is 0 Å². The van der Waals surface area contributed by atoms with Crippen LogP contribution in [0.4, 0.5) is 5.95 Å². The molecule has 5 nitrogen and oxygen atoms in total. The van der Waals surface area contributed by atoms with E-state index in [0.717, 1.165) is 0 Å². The summed E-state index contributed by atoms with van der Waals surface area (Å²) >= 11 is 0. The molecule has 17 heavy (non-hydrogen) atoms. The number of ether oxygens (including phenoxy) is 1. The molecule has 1 fully saturated rings. The Kier molecular flexibility index (Phi) is 3.78. The lowest BCUT2D eigenvalue weighted by Crippen LogP contribution is -2.40. The monoisotopic (exact) mass is 236 g/mol. The first kappa shape index (κ1) is 12.1. The summed E-state index contributed by atoms with van der Waals surface area (Å²) in [7, 11) is 2.00. The smallest absolute Gasteiger partial charge is 0.228 e. The number of rotatable bonds is 6. The summed E-state index contributed by atoms with van der Waals surface area (Å²) in [4.78, 5) is 10.7. The third-order valence-corrected chi connectivity index (χ3v) is 3.13. The number of anilines is 1. The summed E-state index contributed by atoms with van der Waals surface area (Å²) in [6.07, 6.45) is 4.25. The third kappa shape index (κ3) is 2.85. The van der Waals surface area contributed by atoms with Crippen molar-refractivity contribution < 1.29 is 4.74 Å². The van der Waals surface area contributed by atoms with Gasteiger partial charge in [0.05, 0.1) is 6.61 Å². The summed E-state index contributed by atoms with van der Waals surface area (Å²) in [6.45, 7) is 3.20. The van der Waals surface area contributed by atoms with Crippen molar-refractivity contribution in [2.45, 2.75) is 25.8 Å². The molecule has 1 aromatic heterocycles. The molecule has 1 saturated carbocycles. The Morgan fingerprint density at radius 2 is 2.35 bits per heavy atom. The molecule has 1 atom stereocenters. The van der Waals surface area contributed by atoms with Crippen molar-refractivity contribution in [2.75, 3.05) is 25.1 Å². The zero-order chi connectivity index (χ0) is 12.3. The maximum Gasteiger partial charge on any atom is 0.228 e. The SMILES string of the molecule is CCOc1ccnc(N(C)C(CN)C2CC2)n1. The van der Waals surface area contributed by atoms with E-state index in [0.29, 0.717) is 36.9 Å². The van der Waals surface area contributed by atoms with Crippen LogP contribution in [0.25, 0.3) is 0 Å². The van der Waals surface area contributed by atoms with E-state index in [1.165, 1.54) is 12.8 Å². The number of hydrogen-bond acceptors (Lipinski definition) is 5. The van der Waals surface area contributed by atoms with Gasteiger partial charge in [0.1, 0.15) is 0 Å². The highest BCUT2D eigenvalue weighted by Gasteiger charge is 2.33. The van der Waals surface area contributed by atoms with Crippen LogP contribution in [0.3, 0.4) is 0 Å². The van der Waals surface area contributed by atoms with Crippen molar-refractivity contribution >= 4 is 5.95 Å². The van der Waals surface area contributed by atoms with Crippen LogP contribution in [0.1, 0.15) is 19.8 Å². The molecule has 1 aliphatic rings. The van der Waals surface area contributed by atoms with Crippen LogP contribution in [-0.2, 0) is 0 Å². The molecule has 1 aliphatic carbocycles. The molecule has 0 aliphatic heterocycles. The second-order valence-corrected chi connectivity index (χ2v) is 4.38. The summed E-state index contributed by atoms with van der Waals surface area (Å²) in [5.41, 5.74) is 5.82. The zero-order valence-electron chi connectivity index (χ0n) is 10.5. The minimum Gasteiger partial charge on any atom is -0.478 e. The van der Waals surface area contributed by atoms with Crippen LogP contribution in [0.2, 0.25) is 0 Å². The van der Waals surface area contributed by atoms with E-state index in [9.17, 15) is 0 Å². The van der Waals surface area contributed by atoms with Gasteiger partial charge in [-0.2, -0.15) is 4.98 Å². The van der Waals surface area contributed by atoms with Crippen molar-refractivity contribution in [1.29, 1.82) is 0 Å². The summed E-state index contributed by atoms with van der Waals surface area (Å²) in [6, 6.07) is 2.11. The van der Waals surface area contributed by atoms with Gasteiger partial charge < -0.3 is 15.4 Å².